The van der Waals surface area contributed by atoms with Crippen LogP contribution >= 0.6 is 0 Å². The molecule has 302 valence electrons. The summed E-state index contributed by atoms with van der Waals surface area (Å²) >= 11 is 0. The van der Waals surface area contributed by atoms with Gasteiger partial charge in [0.05, 0.1) is 11.4 Å². The van der Waals surface area contributed by atoms with E-state index in [-0.39, 0.29) is 0 Å². The van der Waals surface area contributed by atoms with E-state index >= 15 is 0 Å². The second-order valence-corrected chi connectivity index (χ2v) is 15.2. The van der Waals surface area contributed by atoms with Gasteiger partial charge in [-0.2, -0.15) is 0 Å². The predicted molar refractivity (Wildman–Crippen MR) is 258 cm³/mol. The molecule has 0 radical (unpaired) electrons. The summed E-state index contributed by atoms with van der Waals surface area (Å²) in [7, 11) is 0. The normalized spacial score (nSPS) is 11.7. The lowest BCUT2D eigenvalue weighted by Crippen LogP contribution is -2.04. The maximum atomic E-state index is 5.01. The van der Waals surface area contributed by atoms with Crippen molar-refractivity contribution in [1.29, 1.82) is 0 Å². The summed E-state index contributed by atoms with van der Waals surface area (Å²) in [5.74, 6) is 3.15. The molecule has 0 N–H and O–H groups in total. The van der Waals surface area contributed by atoms with E-state index in [1.165, 1.54) is 0 Å². The fourth-order valence-electron chi connectivity index (χ4n) is 7.44. The summed E-state index contributed by atoms with van der Waals surface area (Å²) in [6.07, 6.45) is 0. The molecule has 0 fully saturated rings. The second-order valence-electron chi connectivity index (χ2n) is 15.2. The molecule has 0 unspecified atom stereocenters. The zero-order chi connectivity index (χ0) is 43.1. The molecule has 0 aliphatic carbocycles. The molecule has 7 heteroatoms. The maximum Gasteiger partial charge on any atom is 0.164 e. The van der Waals surface area contributed by atoms with Gasteiger partial charge in [0.25, 0.3) is 0 Å². The summed E-state index contributed by atoms with van der Waals surface area (Å²) in [6.45, 7) is 10.3. The lowest BCUT2D eigenvalue weighted by atomic mass is 9.93. The minimum Gasteiger partial charge on any atom is -0.239 e. The molecular weight excluding hydrogens is 771 g/mol. The van der Waals surface area contributed by atoms with E-state index in [9.17, 15) is 0 Å². The van der Waals surface area contributed by atoms with E-state index in [1.807, 2.05) is 136 Å². The third kappa shape index (κ3) is 9.38. The number of amidine groups is 1. The van der Waals surface area contributed by atoms with Crippen molar-refractivity contribution >= 4 is 17.2 Å². The predicted octanol–water partition coefficient (Wildman–Crippen LogP) is 13.2. The van der Waals surface area contributed by atoms with Crippen molar-refractivity contribution in [2.75, 3.05) is 0 Å². The highest BCUT2D eigenvalue weighted by Crippen LogP contribution is 2.35. The van der Waals surface area contributed by atoms with Gasteiger partial charge in [0.1, 0.15) is 5.82 Å². The Morgan fingerprint density at radius 3 is 1.44 bits per heavy atom. The molecular formula is C56H43N7. The Morgan fingerprint density at radius 1 is 0.381 bits per heavy atom. The molecule has 0 bridgehead atoms. The van der Waals surface area contributed by atoms with Crippen LogP contribution in [0.4, 0.5) is 0 Å². The number of hydrogen-bond donors (Lipinski definition) is 0. The number of aryl methyl sites for hydroxylation is 2. The molecule has 7 nitrogen and oxygen atoms in total. The average Bonchev–Trinajstić information content (AvgIpc) is 3.34. The van der Waals surface area contributed by atoms with E-state index in [1.54, 1.807) is 0 Å². The van der Waals surface area contributed by atoms with Crippen LogP contribution in [0.3, 0.4) is 0 Å². The third-order valence-corrected chi connectivity index (χ3v) is 10.6. The first-order valence-electron chi connectivity index (χ1n) is 20.8. The van der Waals surface area contributed by atoms with Gasteiger partial charge < -0.3 is 0 Å². The van der Waals surface area contributed by atoms with Crippen LogP contribution < -0.4 is 0 Å². The van der Waals surface area contributed by atoms with Crippen LogP contribution in [0.5, 0.6) is 0 Å². The minimum absolute atomic E-state index is 0.595. The molecule has 0 saturated heterocycles. The summed E-state index contributed by atoms with van der Waals surface area (Å²) in [5.41, 5.74) is 13.9. The fourth-order valence-corrected chi connectivity index (χ4v) is 7.44. The van der Waals surface area contributed by atoms with Crippen LogP contribution in [-0.4, -0.2) is 36.5 Å². The number of hydrogen-bond acceptors (Lipinski definition) is 6. The van der Waals surface area contributed by atoms with Gasteiger partial charge in [0.15, 0.2) is 23.3 Å². The molecule has 0 atom stereocenters. The monoisotopic (exact) mass is 813 g/mol. The van der Waals surface area contributed by atoms with E-state index in [0.29, 0.717) is 29.0 Å². The number of nitrogens with zero attached hydrogens (tertiary/aromatic N) is 7. The van der Waals surface area contributed by atoms with Gasteiger partial charge >= 0.3 is 0 Å². The maximum absolute atomic E-state index is 5.01. The third-order valence-electron chi connectivity index (χ3n) is 10.6. The molecule has 0 saturated carbocycles. The summed E-state index contributed by atoms with van der Waals surface area (Å²) in [6, 6.07) is 65.6. The number of rotatable bonds is 10. The van der Waals surface area contributed by atoms with Crippen molar-refractivity contribution in [3.05, 3.63) is 229 Å². The molecule has 2 heterocycles. The summed E-state index contributed by atoms with van der Waals surface area (Å²) in [5, 5.41) is 0. The van der Waals surface area contributed by atoms with E-state index in [4.69, 9.17) is 29.9 Å². The zero-order valence-corrected chi connectivity index (χ0v) is 35.3. The molecule has 0 amide bonds. The minimum atomic E-state index is 0.595. The van der Waals surface area contributed by atoms with Crippen molar-refractivity contribution in [3.63, 3.8) is 0 Å². The van der Waals surface area contributed by atoms with Crippen molar-refractivity contribution in [1.82, 2.24) is 24.9 Å². The highest BCUT2D eigenvalue weighted by molar-refractivity contribution is 6.12. The smallest absolute Gasteiger partial charge is 0.164 e. The zero-order valence-electron chi connectivity index (χ0n) is 35.3. The average molecular weight is 814 g/mol. The molecule has 63 heavy (non-hydrogen) atoms. The number of aliphatic imine (C=N–C) groups is 2. The van der Waals surface area contributed by atoms with Crippen molar-refractivity contribution in [2.45, 2.75) is 20.8 Å². The Morgan fingerprint density at radius 2 is 0.857 bits per heavy atom. The van der Waals surface area contributed by atoms with E-state index < -0.39 is 0 Å². The van der Waals surface area contributed by atoms with Gasteiger partial charge in [-0.3, -0.25) is 0 Å². The SMILES string of the molecule is C=C(/N=C(\N=C(/C)c1ccccc1)c1ccccc1)c1ccc(-c2cc(-c3cccc(-c4nc(-c5ccccc5)nc(-c5ccccc5)n4)c3)cc(-c3cc(C)nc(C)n3)c2)cc1. The standard InChI is InChI=1S/C56H43N7/c1-37-32-52(60-40(4)57-37)51-35-49(43-30-28-42(29-31-43)39(3)59-53(44-20-11-6-12-21-44)58-38(2)41-18-9-5-10-19-41)34-50(36-51)47-26-17-27-48(33-47)56-62-54(45-22-13-7-14-23-45)61-55(63-56)46-24-15-8-16-25-46/h5-36H,3H2,1-2,4H3/b58-38+,59-53-. The van der Waals surface area contributed by atoms with Crippen LogP contribution in [0.15, 0.2) is 211 Å². The second kappa shape index (κ2) is 18.1. The summed E-state index contributed by atoms with van der Waals surface area (Å²) < 4.78 is 0. The lowest BCUT2D eigenvalue weighted by Gasteiger charge is -2.13. The van der Waals surface area contributed by atoms with Gasteiger partial charge in [-0.05, 0) is 84.5 Å². The molecule has 2 aromatic heterocycles. The molecule has 7 aromatic carbocycles. The van der Waals surface area contributed by atoms with E-state index in [2.05, 4.69) is 90.4 Å². The van der Waals surface area contributed by atoms with Gasteiger partial charge in [0.2, 0.25) is 0 Å². The first kappa shape index (κ1) is 40.1. The van der Waals surface area contributed by atoms with Crippen LogP contribution in [-0.2, 0) is 0 Å². The van der Waals surface area contributed by atoms with Crippen LogP contribution in [0, 0.1) is 13.8 Å². The van der Waals surface area contributed by atoms with Crippen molar-refractivity contribution in [3.8, 4) is 67.7 Å². The number of aromatic nitrogens is 5. The lowest BCUT2D eigenvalue weighted by molar-refractivity contribution is 1.02. The Balaban J connectivity index is 1.10. The van der Waals surface area contributed by atoms with Crippen LogP contribution in [0.2, 0.25) is 0 Å². The fraction of sp³-hybridized carbons (Fsp3) is 0.0536. The Bertz CT molecular complexity index is 3050. The van der Waals surface area contributed by atoms with Crippen LogP contribution in [0.1, 0.15) is 35.1 Å². The van der Waals surface area contributed by atoms with Crippen molar-refractivity contribution < 1.29 is 0 Å². The molecule has 9 rings (SSSR count). The largest absolute Gasteiger partial charge is 0.239 e. The molecule has 0 aliphatic rings. The first-order chi connectivity index (χ1) is 30.8. The summed E-state index contributed by atoms with van der Waals surface area (Å²) in [4.78, 5) is 34.3. The topological polar surface area (TPSA) is 89.2 Å². The highest BCUT2D eigenvalue weighted by Gasteiger charge is 2.15. The van der Waals surface area contributed by atoms with Crippen LogP contribution in [0.25, 0.3) is 73.4 Å². The highest BCUT2D eigenvalue weighted by atomic mass is 15.0. The Labute approximate surface area is 368 Å². The molecule has 0 spiro atoms. The van der Waals surface area contributed by atoms with Gasteiger partial charge in [-0.1, -0.05) is 170 Å². The van der Waals surface area contributed by atoms with E-state index in [0.717, 1.165) is 84.1 Å². The van der Waals surface area contributed by atoms with Gasteiger partial charge in [0, 0.05) is 39.2 Å². The van der Waals surface area contributed by atoms with Gasteiger partial charge in [-0.15, -0.1) is 0 Å². The van der Waals surface area contributed by atoms with Gasteiger partial charge in [-0.25, -0.2) is 34.9 Å². The molecule has 9 aromatic rings. The Kier molecular flexibility index (Phi) is 11.6. The molecule has 0 aliphatic heterocycles. The van der Waals surface area contributed by atoms with Crippen molar-refractivity contribution in [2.24, 2.45) is 9.98 Å². The first-order valence-corrected chi connectivity index (χ1v) is 20.8. The Hall–Kier alpha value is -8.29. The number of benzene rings is 7. The quantitative estimate of drug-likeness (QED) is 0.101.